The van der Waals surface area contributed by atoms with Crippen LogP contribution in [0.4, 0.5) is 5.82 Å². The van der Waals surface area contributed by atoms with Crippen molar-refractivity contribution in [3.63, 3.8) is 0 Å². The average Bonchev–Trinajstić information content (AvgIpc) is 2.90. The van der Waals surface area contributed by atoms with Gasteiger partial charge >= 0.3 is 11.9 Å². The van der Waals surface area contributed by atoms with Crippen molar-refractivity contribution in [2.75, 3.05) is 38.6 Å². The lowest BCUT2D eigenvalue weighted by atomic mass is 9.86. The summed E-state index contributed by atoms with van der Waals surface area (Å²) in [5.74, 6) is -0.379. The molecule has 190 valence electrons. The summed E-state index contributed by atoms with van der Waals surface area (Å²) in [6.07, 6.45) is 7.91. The Labute approximate surface area is 210 Å². The van der Waals surface area contributed by atoms with Gasteiger partial charge in [0.25, 0.3) is 0 Å². The second-order valence-corrected chi connectivity index (χ2v) is 8.41. The molecule has 0 spiro atoms. The lowest BCUT2D eigenvalue weighted by molar-refractivity contribution is -0.134. The topological polar surface area (TPSA) is 125 Å². The van der Waals surface area contributed by atoms with Gasteiger partial charge in [-0.15, -0.1) is 0 Å². The quantitative estimate of drug-likeness (QED) is 0.300. The van der Waals surface area contributed by atoms with Crippen molar-refractivity contribution in [1.82, 2.24) is 14.9 Å². The Kier molecular flexibility index (Phi) is 10.2. The fourth-order valence-corrected chi connectivity index (χ4v) is 4.33. The fraction of sp³-hybridized carbons (Fsp3) is 0.333. The van der Waals surface area contributed by atoms with E-state index in [2.05, 4.69) is 62.6 Å². The highest BCUT2D eigenvalue weighted by molar-refractivity contribution is 5.89. The normalized spacial score (nSPS) is 14.2. The summed E-state index contributed by atoms with van der Waals surface area (Å²) in [5.41, 5.74) is 1.52. The maximum atomic E-state index is 9.55. The fourth-order valence-electron chi connectivity index (χ4n) is 4.33. The molecule has 4 rings (SSSR count). The molecule has 1 saturated heterocycles. The third kappa shape index (κ3) is 8.06. The number of hydrogen-bond donors (Lipinski definition) is 3. The number of carboxylic acid groups (broad SMARTS) is 2. The van der Waals surface area contributed by atoms with Crippen LogP contribution in [0.15, 0.2) is 67.1 Å². The van der Waals surface area contributed by atoms with Gasteiger partial charge in [-0.2, -0.15) is 0 Å². The van der Waals surface area contributed by atoms with E-state index in [4.69, 9.17) is 14.9 Å². The van der Waals surface area contributed by atoms with Gasteiger partial charge in [0.05, 0.1) is 13.3 Å². The molecule has 0 saturated carbocycles. The number of carboxylic acids is 2. The molecular weight excluding hydrogens is 460 g/mol. The molecule has 3 N–H and O–H groups in total. The summed E-state index contributed by atoms with van der Waals surface area (Å²) in [6.45, 7) is 4.34. The summed E-state index contributed by atoms with van der Waals surface area (Å²) < 4.78 is 5.28. The second-order valence-electron chi connectivity index (χ2n) is 8.41. The van der Waals surface area contributed by atoms with Crippen LogP contribution < -0.4 is 10.1 Å². The molecule has 36 heavy (non-hydrogen) atoms. The van der Waals surface area contributed by atoms with Gasteiger partial charge in [0.15, 0.2) is 11.6 Å². The van der Waals surface area contributed by atoms with E-state index >= 15 is 0 Å². The second kappa shape index (κ2) is 13.8. The first-order chi connectivity index (χ1) is 17.5. The molecule has 0 bridgehead atoms. The molecule has 2 aromatic carbocycles. The highest BCUT2D eigenvalue weighted by Crippen LogP contribution is 2.33. The molecule has 0 unspecified atom stereocenters. The van der Waals surface area contributed by atoms with E-state index in [0.717, 1.165) is 25.3 Å². The zero-order chi connectivity index (χ0) is 25.8. The van der Waals surface area contributed by atoms with Crippen LogP contribution in [0.3, 0.4) is 0 Å². The Morgan fingerprint density at radius 1 is 1.08 bits per heavy atom. The van der Waals surface area contributed by atoms with Crippen LogP contribution in [0, 0.1) is 0 Å². The largest absolute Gasteiger partial charge is 0.491 e. The van der Waals surface area contributed by atoms with Crippen molar-refractivity contribution in [2.45, 2.75) is 25.2 Å². The molecule has 0 aliphatic carbocycles. The monoisotopic (exact) mass is 492 g/mol. The number of nitrogens with zero attached hydrogens (tertiary/aromatic N) is 3. The maximum absolute atomic E-state index is 9.55. The van der Waals surface area contributed by atoms with Crippen molar-refractivity contribution in [2.24, 2.45) is 0 Å². The van der Waals surface area contributed by atoms with Gasteiger partial charge in [0.1, 0.15) is 6.33 Å². The Hall–Kier alpha value is -3.98. The third-order valence-corrected chi connectivity index (χ3v) is 6.06. The zero-order valence-corrected chi connectivity index (χ0v) is 20.3. The summed E-state index contributed by atoms with van der Waals surface area (Å²) >= 11 is 0. The number of ether oxygens (including phenoxy) is 1. The van der Waals surface area contributed by atoms with Crippen LogP contribution in [-0.2, 0) is 9.59 Å². The number of likely N-dealkylation sites (tertiary alicyclic amines) is 1. The van der Waals surface area contributed by atoms with Crippen molar-refractivity contribution in [3.8, 4) is 5.75 Å². The van der Waals surface area contributed by atoms with E-state index in [1.807, 2.05) is 0 Å². The molecule has 1 aliphatic heterocycles. The van der Waals surface area contributed by atoms with Gasteiger partial charge in [-0.1, -0.05) is 42.5 Å². The maximum Gasteiger partial charge on any atom is 0.328 e. The van der Waals surface area contributed by atoms with E-state index < -0.39 is 11.9 Å². The van der Waals surface area contributed by atoms with Gasteiger partial charge < -0.3 is 25.2 Å². The van der Waals surface area contributed by atoms with E-state index in [1.54, 1.807) is 19.6 Å². The predicted molar refractivity (Wildman–Crippen MR) is 138 cm³/mol. The van der Waals surface area contributed by atoms with Crippen LogP contribution >= 0.6 is 0 Å². The van der Waals surface area contributed by atoms with Crippen molar-refractivity contribution in [3.05, 3.63) is 72.7 Å². The van der Waals surface area contributed by atoms with Gasteiger partial charge in [0.2, 0.25) is 0 Å². The highest BCUT2D eigenvalue weighted by Gasteiger charge is 2.21. The first kappa shape index (κ1) is 26.6. The molecule has 1 aliphatic rings. The standard InChI is InChI=1S/C23H28N4O.C4H4O4/c1-28-22-16-24-17-26-23(22)25-12-5-13-27-14-10-19(11-15-27)21-9-4-7-18-6-2-3-8-20(18)21;5-3(6)1-2-4(7)8/h2-4,6-9,16-17,19H,5,10-15H2,1H3,(H,24,25,26);1-2H,(H,5,6)(H,7,8). The predicted octanol–water partition coefficient (Wildman–Crippen LogP) is 4.03. The molecule has 1 fully saturated rings. The first-order valence-corrected chi connectivity index (χ1v) is 11.9. The number of methoxy groups -OCH3 is 1. The minimum absolute atomic E-state index is 0.558. The van der Waals surface area contributed by atoms with Crippen LogP contribution in [0.2, 0.25) is 0 Å². The molecule has 9 nitrogen and oxygen atoms in total. The van der Waals surface area contributed by atoms with Gasteiger partial charge in [0, 0.05) is 18.7 Å². The summed E-state index contributed by atoms with van der Waals surface area (Å²) in [6, 6.07) is 15.5. The molecule has 3 aromatic rings. The first-order valence-electron chi connectivity index (χ1n) is 11.9. The minimum atomic E-state index is -1.26. The number of nitrogens with one attached hydrogen (secondary N) is 1. The van der Waals surface area contributed by atoms with E-state index in [-0.39, 0.29) is 0 Å². The van der Waals surface area contributed by atoms with Crippen molar-refractivity contribution < 1.29 is 24.5 Å². The average molecular weight is 493 g/mol. The van der Waals surface area contributed by atoms with Crippen molar-refractivity contribution >= 4 is 28.5 Å². The number of carbonyl (C=O) groups is 2. The number of piperidine rings is 1. The molecule has 2 heterocycles. The molecule has 9 heteroatoms. The smallest absolute Gasteiger partial charge is 0.328 e. The molecule has 0 radical (unpaired) electrons. The summed E-state index contributed by atoms with van der Waals surface area (Å²) in [4.78, 5) is 29.9. The summed E-state index contributed by atoms with van der Waals surface area (Å²) in [7, 11) is 1.64. The Bertz CT molecular complexity index is 1150. The Morgan fingerprint density at radius 3 is 2.47 bits per heavy atom. The third-order valence-electron chi connectivity index (χ3n) is 6.06. The number of aromatic nitrogens is 2. The van der Waals surface area contributed by atoms with Crippen LogP contribution in [0.1, 0.15) is 30.7 Å². The Morgan fingerprint density at radius 2 is 1.78 bits per heavy atom. The molecular formula is C27H32N4O5. The zero-order valence-electron chi connectivity index (χ0n) is 20.3. The van der Waals surface area contributed by atoms with E-state index in [0.29, 0.717) is 23.8 Å². The Balaban J connectivity index is 0.000000392. The van der Waals surface area contributed by atoms with Crippen LogP contribution in [-0.4, -0.2) is 70.3 Å². The minimum Gasteiger partial charge on any atom is -0.491 e. The highest BCUT2D eigenvalue weighted by atomic mass is 16.5. The number of hydrogen-bond acceptors (Lipinski definition) is 7. The van der Waals surface area contributed by atoms with Crippen LogP contribution in [0.25, 0.3) is 10.8 Å². The van der Waals surface area contributed by atoms with Gasteiger partial charge in [-0.05, 0) is 61.2 Å². The molecule has 1 aromatic heterocycles. The number of rotatable bonds is 9. The molecule has 0 amide bonds. The number of benzene rings is 2. The van der Waals surface area contributed by atoms with Gasteiger partial charge in [-0.25, -0.2) is 19.6 Å². The number of aliphatic carboxylic acids is 2. The van der Waals surface area contributed by atoms with Gasteiger partial charge in [-0.3, -0.25) is 0 Å². The van der Waals surface area contributed by atoms with E-state index in [9.17, 15) is 9.59 Å². The SMILES string of the molecule is COc1cncnc1NCCCN1CCC(c2cccc3ccccc23)CC1.O=C(O)C=CC(=O)O. The lowest BCUT2D eigenvalue weighted by Crippen LogP contribution is -2.34. The summed E-state index contributed by atoms with van der Waals surface area (Å²) in [5, 5.41) is 21.8. The lowest BCUT2D eigenvalue weighted by Gasteiger charge is -2.32. The van der Waals surface area contributed by atoms with Crippen LogP contribution in [0.5, 0.6) is 5.75 Å². The van der Waals surface area contributed by atoms with E-state index in [1.165, 1.54) is 42.3 Å². The van der Waals surface area contributed by atoms with Crippen molar-refractivity contribution in [1.29, 1.82) is 0 Å². The number of anilines is 1. The molecule has 0 atom stereocenters. The number of fused-ring (bicyclic) bond motifs is 1.